The van der Waals surface area contributed by atoms with E-state index < -0.39 is 0 Å². The molecule has 0 spiro atoms. The SMILES string of the molecule is c1ccc(-c2cccc(-c3c4ccccc4c(-c4ccc5cc(N(c6ccccc6)c6ccccc6)ccc5c4)c4ccccc34)c2)cc1. The average Bonchev–Trinajstić information content (AvgIpc) is 3.18. The van der Waals surface area contributed by atoms with Crippen molar-refractivity contribution in [3.8, 4) is 33.4 Å². The predicted molar refractivity (Wildman–Crippen MR) is 210 cm³/mol. The van der Waals surface area contributed by atoms with Crippen LogP contribution in [0.3, 0.4) is 0 Å². The van der Waals surface area contributed by atoms with Gasteiger partial charge in [-0.1, -0.05) is 152 Å². The highest BCUT2D eigenvalue weighted by Gasteiger charge is 2.18. The maximum Gasteiger partial charge on any atom is 0.0468 e. The minimum Gasteiger partial charge on any atom is -0.310 e. The van der Waals surface area contributed by atoms with Crippen LogP contribution in [0, 0.1) is 0 Å². The van der Waals surface area contributed by atoms with E-state index in [4.69, 9.17) is 0 Å². The van der Waals surface area contributed by atoms with Gasteiger partial charge in [-0.25, -0.2) is 0 Å². The van der Waals surface area contributed by atoms with Gasteiger partial charge in [0.15, 0.2) is 0 Å². The van der Waals surface area contributed by atoms with Crippen LogP contribution in [0.4, 0.5) is 17.1 Å². The summed E-state index contributed by atoms with van der Waals surface area (Å²) in [4.78, 5) is 2.32. The smallest absolute Gasteiger partial charge is 0.0468 e. The van der Waals surface area contributed by atoms with E-state index in [1.165, 1.54) is 65.7 Å². The topological polar surface area (TPSA) is 3.24 Å². The van der Waals surface area contributed by atoms with Crippen molar-refractivity contribution in [2.75, 3.05) is 4.90 Å². The molecule has 9 aromatic carbocycles. The highest BCUT2D eigenvalue weighted by Crippen LogP contribution is 2.45. The predicted octanol–water partition coefficient (Wildman–Crippen LogP) is 13.6. The number of hydrogen-bond acceptors (Lipinski definition) is 1. The Kier molecular flexibility index (Phi) is 7.22. The van der Waals surface area contributed by atoms with Crippen molar-refractivity contribution in [3.05, 3.63) is 200 Å². The molecule has 0 bridgehead atoms. The molecular weight excluding hydrogens is 591 g/mol. The molecule has 0 radical (unpaired) electrons. The van der Waals surface area contributed by atoms with E-state index in [9.17, 15) is 0 Å². The van der Waals surface area contributed by atoms with E-state index in [0.29, 0.717) is 0 Å². The molecular formula is C48H33N. The largest absolute Gasteiger partial charge is 0.310 e. The average molecular weight is 624 g/mol. The second-order valence-corrected chi connectivity index (χ2v) is 12.5. The Labute approximate surface area is 287 Å². The van der Waals surface area contributed by atoms with Crippen molar-refractivity contribution in [2.24, 2.45) is 0 Å². The van der Waals surface area contributed by atoms with Crippen LogP contribution >= 0.6 is 0 Å². The standard InChI is InChI=1S/C48H33N/c1-4-15-34(16-5-1)35-17-14-18-38(31-35)47-43-23-10-12-25-45(43)48(46-26-13-11-24-44(46)47)39-28-27-37-33-42(30-29-36(37)32-39)49(40-19-6-2-7-20-40)41-21-8-3-9-22-41/h1-33H. The number of hydrogen-bond donors (Lipinski definition) is 0. The van der Waals surface area contributed by atoms with E-state index in [1.807, 2.05) is 0 Å². The van der Waals surface area contributed by atoms with Crippen LogP contribution in [0.25, 0.3) is 65.7 Å². The van der Waals surface area contributed by atoms with Gasteiger partial charge in [-0.3, -0.25) is 0 Å². The van der Waals surface area contributed by atoms with Crippen LogP contribution in [-0.4, -0.2) is 0 Å². The fraction of sp³-hybridized carbons (Fsp3) is 0. The van der Waals surface area contributed by atoms with Crippen LogP contribution in [0.1, 0.15) is 0 Å². The molecule has 0 fully saturated rings. The van der Waals surface area contributed by atoms with Crippen molar-refractivity contribution < 1.29 is 0 Å². The van der Waals surface area contributed by atoms with E-state index >= 15 is 0 Å². The number of rotatable bonds is 6. The first-order valence-corrected chi connectivity index (χ1v) is 16.9. The summed E-state index contributed by atoms with van der Waals surface area (Å²) in [5, 5.41) is 7.47. The maximum atomic E-state index is 2.36. The molecule has 0 amide bonds. The van der Waals surface area contributed by atoms with Gasteiger partial charge >= 0.3 is 0 Å². The molecule has 0 unspecified atom stereocenters. The zero-order valence-electron chi connectivity index (χ0n) is 27.0. The Morgan fingerprint density at radius 2 is 0.673 bits per heavy atom. The van der Waals surface area contributed by atoms with Gasteiger partial charge in [-0.15, -0.1) is 0 Å². The van der Waals surface area contributed by atoms with Crippen LogP contribution in [0.2, 0.25) is 0 Å². The lowest BCUT2D eigenvalue weighted by Gasteiger charge is -2.25. The normalized spacial score (nSPS) is 11.3. The summed E-state index contributed by atoms with van der Waals surface area (Å²) in [6.45, 7) is 0. The summed E-state index contributed by atoms with van der Waals surface area (Å²) < 4.78 is 0. The first kappa shape index (κ1) is 28.8. The first-order chi connectivity index (χ1) is 24.3. The lowest BCUT2D eigenvalue weighted by atomic mass is 9.85. The number of para-hydroxylation sites is 2. The molecule has 0 aliphatic rings. The summed E-state index contributed by atoms with van der Waals surface area (Å²) >= 11 is 0. The van der Waals surface area contributed by atoms with Gasteiger partial charge in [-0.05, 0) is 114 Å². The van der Waals surface area contributed by atoms with E-state index in [2.05, 4.69) is 205 Å². The maximum absolute atomic E-state index is 2.36. The van der Waals surface area contributed by atoms with Crippen LogP contribution in [0.15, 0.2) is 200 Å². The highest BCUT2D eigenvalue weighted by atomic mass is 15.1. The van der Waals surface area contributed by atoms with Crippen molar-refractivity contribution in [1.29, 1.82) is 0 Å². The monoisotopic (exact) mass is 623 g/mol. The van der Waals surface area contributed by atoms with Crippen LogP contribution in [0.5, 0.6) is 0 Å². The Hall–Kier alpha value is -6.44. The Morgan fingerprint density at radius 3 is 1.24 bits per heavy atom. The van der Waals surface area contributed by atoms with Gasteiger partial charge in [0.25, 0.3) is 0 Å². The molecule has 230 valence electrons. The molecule has 9 rings (SSSR count). The van der Waals surface area contributed by atoms with Crippen molar-refractivity contribution in [3.63, 3.8) is 0 Å². The zero-order chi connectivity index (χ0) is 32.6. The third kappa shape index (κ3) is 5.23. The van der Waals surface area contributed by atoms with Crippen molar-refractivity contribution >= 4 is 49.4 Å². The fourth-order valence-corrected chi connectivity index (χ4v) is 7.36. The Balaban J connectivity index is 1.21. The summed E-state index contributed by atoms with van der Waals surface area (Å²) in [6.07, 6.45) is 0. The number of anilines is 3. The van der Waals surface area contributed by atoms with E-state index in [1.54, 1.807) is 0 Å². The number of nitrogens with zero attached hydrogens (tertiary/aromatic N) is 1. The van der Waals surface area contributed by atoms with E-state index in [0.717, 1.165) is 17.1 Å². The fourth-order valence-electron chi connectivity index (χ4n) is 7.36. The summed E-state index contributed by atoms with van der Waals surface area (Å²) in [7, 11) is 0. The first-order valence-electron chi connectivity index (χ1n) is 16.9. The van der Waals surface area contributed by atoms with Gasteiger partial charge in [-0.2, -0.15) is 0 Å². The van der Waals surface area contributed by atoms with Gasteiger partial charge in [0.2, 0.25) is 0 Å². The second kappa shape index (κ2) is 12.3. The molecule has 1 heteroatoms. The molecule has 0 aliphatic heterocycles. The molecule has 0 aliphatic carbocycles. The number of fused-ring (bicyclic) bond motifs is 3. The molecule has 0 N–H and O–H groups in total. The zero-order valence-corrected chi connectivity index (χ0v) is 27.0. The minimum atomic E-state index is 1.13. The quantitative estimate of drug-likeness (QED) is 0.167. The van der Waals surface area contributed by atoms with Crippen molar-refractivity contribution in [1.82, 2.24) is 0 Å². The second-order valence-electron chi connectivity index (χ2n) is 12.5. The van der Waals surface area contributed by atoms with Gasteiger partial charge in [0.05, 0.1) is 0 Å². The highest BCUT2D eigenvalue weighted by molar-refractivity contribution is 6.21. The third-order valence-electron chi connectivity index (χ3n) is 9.59. The van der Waals surface area contributed by atoms with Crippen LogP contribution in [-0.2, 0) is 0 Å². The molecule has 0 atom stereocenters. The molecule has 0 heterocycles. The molecule has 0 aromatic heterocycles. The van der Waals surface area contributed by atoms with E-state index in [-0.39, 0.29) is 0 Å². The Bertz CT molecular complexity index is 2490. The van der Waals surface area contributed by atoms with Gasteiger partial charge in [0, 0.05) is 17.1 Å². The number of benzene rings is 9. The minimum absolute atomic E-state index is 1.13. The summed E-state index contributed by atoms with van der Waals surface area (Å²) in [5.74, 6) is 0. The Morgan fingerprint density at radius 1 is 0.245 bits per heavy atom. The van der Waals surface area contributed by atoms with Crippen molar-refractivity contribution in [2.45, 2.75) is 0 Å². The summed E-state index contributed by atoms with van der Waals surface area (Å²) in [5.41, 5.74) is 10.9. The molecule has 0 saturated carbocycles. The molecule has 0 saturated heterocycles. The van der Waals surface area contributed by atoms with Crippen LogP contribution < -0.4 is 4.90 Å². The lowest BCUT2D eigenvalue weighted by Crippen LogP contribution is -2.09. The van der Waals surface area contributed by atoms with Gasteiger partial charge < -0.3 is 4.90 Å². The van der Waals surface area contributed by atoms with Gasteiger partial charge in [0.1, 0.15) is 0 Å². The molecule has 49 heavy (non-hydrogen) atoms. The molecule has 1 nitrogen and oxygen atoms in total. The third-order valence-corrected chi connectivity index (χ3v) is 9.59. The lowest BCUT2D eigenvalue weighted by molar-refractivity contribution is 1.29. The molecule has 9 aromatic rings. The summed E-state index contributed by atoms with van der Waals surface area (Å²) in [6, 6.07) is 72.3.